The van der Waals surface area contributed by atoms with Crippen LogP contribution in [-0.2, 0) is 0 Å². The fraction of sp³-hybridized carbons (Fsp3) is 0.455. The number of halogens is 2. The van der Waals surface area contributed by atoms with E-state index in [-0.39, 0.29) is 11.8 Å². The van der Waals surface area contributed by atoms with Gasteiger partial charge in [0.25, 0.3) is 0 Å². The number of alkyl halides is 2. The summed E-state index contributed by atoms with van der Waals surface area (Å²) in [6.45, 7) is -0.728. The highest BCUT2D eigenvalue weighted by atomic mass is 19.3. The number of hydrogen-bond donors (Lipinski definition) is 1. The van der Waals surface area contributed by atoms with Crippen LogP contribution >= 0.6 is 0 Å². The molecule has 2 nitrogen and oxygen atoms in total. The Bertz CT molecular complexity index is 287. The topological polar surface area (TPSA) is 35.2 Å². The van der Waals surface area contributed by atoms with Crippen molar-refractivity contribution in [2.24, 2.45) is 5.73 Å². The predicted octanol–water partition coefficient (Wildman–Crippen LogP) is 3.09. The molecule has 0 heterocycles. The smallest absolute Gasteiger partial charge is 0.387 e. The summed E-state index contributed by atoms with van der Waals surface area (Å²) in [6.07, 6.45) is 1.88. The van der Waals surface area contributed by atoms with E-state index in [2.05, 4.69) is 4.74 Å². The summed E-state index contributed by atoms with van der Waals surface area (Å²) >= 11 is 0. The lowest BCUT2D eigenvalue weighted by Gasteiger charge is -2.11. The average Bonchev–Trinajstić information content (AvgIpc) is 2.18. The van der Waals surface area contributed by atoms with Crippen molar-refractivity contribution in [2.75, 3.05) is 0 Å². The fourth-order valence-electron chi connectivity index (χ4n) is 1.37. The van der Waals surface area contributed by atoms with Gasteiger partial charge in [-0.3, -0.25) is 0 Å². The van der Waals surface area contributed by atoms with E-state index in [1.807, 2.05) is 6.92 Å². The largest absolute Gasteiger partial charge is 0.435 e. The molecular weight excluding hydrogens is 200 g/mol. The number of hydrogen-bond acceptors (Lipinski definition) is 2. The number of benzene rings is 1. The third kappa shape index (κ3) is 3.83. The lowest BCUT2D eigenvalue weighted by molar-refractivity contribution is -0.0498. The van der Waals surface area contributed by atoms with Gasteiger partial charge in [0.05, 0.1) is 0 Å². The second kappa shape index (κ2) is 5.66. The first kappa shape index (κ1) is 11.9. The summed E-state index contributed by atoms with van der Waals surface area (Å²) in [7, 11) is 0. The molecule has 2 N–H and O–H groups in total. The lowest BCUT2D eigenvalue weighted by atomic mass is 10.0. The zero-order valence-corrected chi connectivity index (χ0v) is 8.62. The minimum atomic E-state index is -2.78. The average molecular weight is 215 g/mol. The van der Waals surface area contributed by atoms with Gasteiger partial charge in [-0.2, -0.15) is 8.78 Å². The van der Waals surface area contributed by atoms with E-state index in [0.29, 0.717) is 0 Å². The summed E-state index contributed by atoms with van der Waals surface area (Å²) in [4.78, 5) is 0. The molecule has 0 amide bonds. The van der Waals surface area contributed by atoms with Gasteiger partial charge in [0.15, 0.2) is 0 Å². The Morgan fingerprint density at radius 3 is 2.33 bits per heavy atom. The lowest BCUT2D eigenvalue weighted by Crippen LogP contribution is -2.09. The Morgan fingerprint density at radius 1 is 1.27 bits per heavy atom. The third-order valence-corrected chi connectivity index (χ3v) is 2.13. The molecule has 15 heavy (non-hydrogen) atoms. The van der Waals surface area contributed by atoms with Gasteiger partial charge < -0.3 is 10.5 Å². The molecule has 4 heteroatoms. The first-order chi connectivity index (χ1) is 7.13. The summed E-state index contributed by atoms with van der Waals surface area (Å²) in [5, 5.41) is 0. The van der Waals surface area contributed by atoms with Crippen LogP contribution in [0.5, 0.6) is 5.75 Å². The molecule has 0 radical (unpaired) electrons. The van der Waals surface area contributed by atoms with E-state index in [9.17, 15) is 8.78 Å². The molecule has 0 aliphatic carbocycles. The SMILES string of the molecule is CCC[C@@H](N)c1ccc(OC(F)F)cc1. The van der Waals surface area contributed by atoms with E-state index in [1.165, 1.54) is 12.1 Å². The molecule has 1 aromatic rings. The summed E-state index contributed by atoms with van der Waals surface area (Å²) < 4.78 is 27.9. The first-order valence-corrected chi connectivity index (χ1v) is 4.93. The van der Waals surface area contributed by atoms with Crippen LogP contribution in [0.1, 0.15) is 31.4 Å². The highest BCUT2D eigenvalue weighted by Gasteiger charge is 2.06. The van der Waals surface area contributed by atoms with E-state index < -0.39 is 6.61 Å². The molecule has 1 atom stereocenters. The first-order valence-electron chi connectivity index (χ1n) is 4.93. The van der Waals surface area contributed by atoms with Gasteiger partial charge in [0.2, 0.25) is 0 Å². The quantitative estimate of drug-likeness (QED) is 0.819. The molecule has 0 aromatic heterocycles. The van der Waals surface area contributed by atoms with Crippen molar-refractivity contribution in [2.45, 2.75) is 32.4 Å². The zero-order chi connectivity index (χ0) is 11.3. The summed E-state index contributed by atoms with van der Waals surface area (Å²) in [5.74, 6) is 0.164. The molecule has 84 valence electrons. The molecule has 1 rings (SSSR count). The van der Waals surface area contributed by atoms with Crippen LogP contribution in [0, 0.1) is 0 Å². The maximum absolute atomic E-state index is 11.9. The molecule has 0 saturated carbocycles. The normalized spacial score (nSPS) is 12.9. The van der Waals surface area contributed by atoms with Gasteiger partial charge in [-0.1, -0.05) is 25.5 Å². The van der Waals surface area contributed by atoms with Crippen LogP contribution in [-0.4, -0.2) is 6.61 Å². The minimum absolute atomic E-state index is 0.0319. The second-order valence-electron chi connectivity index (χ2n) is 3.34. The van der Waals surface area contributed by atoms with Gasteiger partial charge in [-0.25, -0.2) is 0 Å². The van der Waals surface area contributed by atoms with Crippen molar-refractivity contribution < 1.29 is 13.5 Å². The molecule has 0 saturated heterocycles. The van der Waals surface area contributed by atoms with E-state index >= 15 is 0 Å². The third-order valence-electron chi connectivity index (χ3n) is 2.13. The van der Waals surface area contributed by atoms with Gasteiger partial charge >= 0.3 is 6.61 Å². The molecule has 0 spiro atoms. The number of nitrogens with two attached hydrogens (primary N) is 1. The number of ether oxygens (including phenoxy) is 1. The summed E-state index contributed by atoms with van der Waals surface area (Å²) in [5.41, 5.74) is 6.81. The van der Waals surface area contributed by atoms with Crippen LogP contribution in [0.3, 0.4) is 0 Å². The van der Waals surface area contributed by atoms with Crippen LogP contribution < -0.4 is 10.5 Å². The Labute approximate surface area is 88.0 Å². The Morgan fingerprint density at radius 2 is 1.87 bits per heavy atom. The van der Waals surface area contributed by atoms with E-state index in [4.69, 9.17) is 5.73 Å². The Kier molecular flexibility index (Phi) is 4.49. The molecule has 1 aromatic carbocycles. The van der Waals surface area contributed by atoms with Crippen molar-refractivity contribution >= 4 is 0 Å². The Balaban J connectivity index is 2.63. The standard InChI is InChI=1S/C11H15F2NO/c1-2-3-10(14)8-4-6-9(7-5-8)15-11(12)13/h4-7,10-11H,2-3,14H2,1H3/t10-/m1/s1. The molecule has 0 aliphatic rings. The van der Waals surface area contributed by atoms with Crippen LogP contribution in [0.15, 0.2) is 24.3 Å². The molecule has 0 bridgehead atoms. The summed E-state index contributed by atoms with van der Waals surface area (Å²) in [6, 6.07) is 6.43. The fourth-order valence-corrected chi connectivity index (χ4v) is 1.37. The Hall–Kier alpha value is -1.16. The van der Waals surface area contributed by atoms with E-state index in [0.717, 1.165) is 18.4 Å². The van der Waals surface area contributed by atoms with Crippen molar-refractivity contribution in [1.82, 2.24) is 0 Å². The monoisotopic (exact) mass is 215 g/mol. The predicted molar refractivity (Wildman–Crippen MR) is 54.9 cm³/mol. The van der Waals surface area contributed by atoms with Crippen molar-refractivity contribution in [3.8, 4) is 5.75 Å². The maximum atomic E-state index is 11.9. The highest BCUT2D eigenvalue weighted by Crippen LogP contribution is 2.20. The zero-order valence-electron chi connectivity index (χ0n) is 8.62. The van der Waals surface area contributed by atoms with E-state index in [1.54, 1.807) is 12.1 Å². The van der Waals surface area contributed by atoms with Crippen LogP contribution in [0.25, 0.3) is 0 Å². The molecule has 0 aliphatic heterocycles. The van der Waals surface area contributed by atoms with Crippen molar-refractivity contribution in [1.29, 1.82) is 0 Å². The van der Waals surface area contributed by atoms with Gasteiger partial charge in [0, 0.05) is 6.04 Å². The highest BCUT2D eigenvalue weighted by molar-refractivity contribution is 5.28. The van der Waals surface area contributed by atoms with Crippen LogP contribution in [0.4, 0.5) is 8.78 Å². The second-order valence-corrected chi connectivity index (χ2v) is 3.34. The number of rotatable bonds is 5. The van der Waals surface area contributed by atoms with Gasteiger partial charge in [-0.15, -0.1) is 0 Å². The van der Waals surface area contributed by atoms with Crippen molar-refractivity contribution in [3.05, 3.63) is 29.8 Å². The maximum Gasteiger partial charge on any atom is 0.387 e. The molecular formula is C11H15F2NO. The van der Waals surface area contributed by atoms with Gasteiger partial charge in [0.1, 0.15) is 5.75 Å². The molecule has 0 fully saturated rings. The van der Waals surface area contributed by atoms with Crippen LogP contribution in [0.2, 0.25) is 0 Å². The minimum Gasteiger partial charge on any atom is -0.435 e. The molecule has 0 unspecified atom stereocenters. The van der Waals surface area contributed by atoms with Gasteiger partial charge in [-0.05, 0) is 24.1 Å². The van der Waals surface area contributed by atoms with Crippen molar-refractivity contribution in [3.63, 3.8) is 0 Å².